The van der Waals surface area contributed by atoms with E-state index in [0.29, 0.717) is 6.42 Å². The van der Waals surface area contributed by atoms with Gasteiger partial charge in [-0.3, -0.25) is 4.79 Å². The quantitative estimate of drug-likeness (QED) is 0.692. The molecule has 1 fully saturated rings. The molecule has 0 atom stereocenters. The van der Waals surface area contributed by atoms with E-state index in [4.69, 9.17) is 0 Å². The molecule has 5 heteroatoms. The van der Waals surface area contributed by atoms with Gasteiger partial charge in [-0.2, -0.15) is 0 Å². The van der Waals surface area contributed by atoms with Crippen LogP contribution in [0.4, 0.5) is 0 Å². The third kappa shape index (κ3) is 2.76. The Morgan fingerprint density at radius 1 is 1.25 bits per heavy atom. The molecule has 1 aromatic heterocycles. The Morgan fingerprint density at radius 3 is 2.50 bits per heavy atom. The van der Waals surface area contributed by atoms with Crippen molar-refractivity contribution in [2.24, 2.45) is 0 Å². The highest BCUT2D eigenvalue weighted by molar-refractivity contribution is 5.78. The van der Waals surface area contributed by atoms with Gasteiger partial charge < -0.3 is 9.80 Å². The molecule has 1 amide bonds. The third-order valence-corrected chi connectivity index (χ3v) is 2.83. The van der Waals surface area contributed by atoms with Gasteiger partial charge in [-0.1, -0.05) is 0 Å². The summed E-state index contributed by atoms with van der Waals surface area (Å²) in [5.41, 5.74) is 0.881. The Kier molecular flexibility index (Phi) is 3.46. The number of rotatable bonds is 2. The summed E-state index contributed by atoms with van der Waals surface area (Å²) in [5, 5.41) is 0. The van der Waals surface area contributed by atoms with E-state index < -0.39 is 0 Å². The van der Waals surface area contributed by atoms with Crippen molar-refractivity contribution in [3.8, 4) is 0 Å². The number of carbonyl (C=O) groups is 1. The predicted molar refractivity (Wildman–Crippen MR) is 59.8 cm³/mol. The van der Waals surface area contributed by atoms with E-state index in [1.807, 2.05) is 4.90 Å². The van der Waals surface area contributed by atoms with E-state index in [1.54, 1.807) is 12.4 Å². The number of amides is 1. The van der Waals surface area contributed by atoms with Crippen molar-refractivity contribution in [3.05, 3.63) is 24.3 Å². The van der Waals surface area contributed by atoms with Gasteiger partial charge in [-0.25, -0.2) is 9.97 Å². The molecule has 0 aromatic carbocycles. The van der Waals surface area contributed by atoms with Crippen LogP contribution in [0.15, 0.2) is 18.7 Å². The molecule has 86 valence electrons. The number of nitrogens with zero attached hydrogens (tertiary/aromatic N) is 4. The predicted octanol–water partition coefficient (Wildman–Crippen LogP) is -0.207. The Morgan fingerprint density at radius 2 is 1.88 bits per heavy atom. The van der Waals surface area contributed by atoms with Gasteiger partial charge >= 0.3 is 0 Å². The Hall–Kier alpha value is -1.49. The molecule has 0 spiro atoms. The first kappa shape index (κ1) is 11.0. The Balaban J connectivity index is 1.89. The maximum Gasteiger partial charge on any atom is 0.227 e. The smallest absolute Gasteiger partial charge is 0.227 e. The monoisotopic (exact) mass is 220 g/mol. The maximum absolute atomic E-state index is 11.9. The van der Waals surface area contributed by atoms with Crippen LogP contribution in [0.25, 0.3) is 0 Å². The van der Waals surface area contributed by atoms with Gasteiger partial charge in [0.2, 0.25) is 5.91 Å². The van der Waals surface area contributed by atoms with E-state index in [1.165, 1.54) is 6.33 Å². The lowest BCUT2D eigenvalue weighted by molar-refractivity contribution is -0.132. The maximum atomic E-state index is 11.9. The summed E-state index contributed by atoms with van der Waals surface area (Å²) in [5.74, 6) is 0.169. The molecule has 1 aromatic rings. The first-order chi connectivity index (χ1) is 7.75. The second-order valence-electron chi connectivity index (χ2n) is 4.11. The summed E-state index contributed by atoms with van der Waals surface area (Å²) >= 11 is 0. The van der Waals surface area contributed by atoms with Crippen LogP contribution in [0.5, 0.6) is 0 Å². The zero-order chi connectivity index (χ0) is 11.4. The van der Waals surface area contributed by atoms with Crippen molar-refractivity contribution in [3.63, 3.8) is 0 Å². The largest absolute Gasteiger partial charge is 0.340 e. The van der Waals surface area contributed by atoms with Gasteiger partial charge in [0.1, 0.15) is 6.33 Å². The van der Waals surface area contributed by atoms with E-state index in [0.717, 1.165) is 31.7 Å². The highest BCUT2D eigenvalue weighted by atomic mass is 16.2. The molecule has 0 N–H and O–H groups in total. The number of hydrogen-bond acceptors (Lipinski definition) is 4. The van der Waals surface area contributed by atoms with Crippen molar-refractivity contribution in [2.45, 2.75) is 6.42 Å². The molecular formula is C11H16N4O. The van der Waals surface area contributed by atoms with Crippen molar-refractivity contribution in [2.75, 3.05) is 33.2 Å². The molecule has 1 saturated heterocycles. The highest BCUT2D eigenvalue weighted by Crippen LogP contribution is 2.04. The van der Waals surface area contributed by atoms with E-state index >= 15 is 0 Å². The van der Waals surface area contributed by atoms with Gasteiger partial charge in [-0.05, 0) is 12.6 Å². The molecule has 0 bridgehead atoms. The summed E-state index contributed by atoms with van der Waals surface area (Å²) in [4.78, 5) is 23.9. The Bertz CT molecular complexity index is 346. The molecule has 1 aliphatic heterocycles. The van der Waals surface area contributed by atoms with Gasteiger partial charge in [0.15, 0.2) is 0 Å². The summed E-state index contributed by atoms with van der Waals surface area (Å²) in [6.07, 6.45) is 5.27. The van der Waals surface area contributed by atoms with E-state index in [2.05, 4.69) is 21.9 Å². The minimum Gasteiger partial charge on any atom is -0.340 e. The second-order valence-corrected chi connectivity index (χ2v) is 4.11. The fraction of sp³-hybridized carbons (Fsp3) is 0.545. The lowest BCUT2D eigenvalue weighted by Crippen LogP contribution is -2.47. The summed E-state index contributed by atoms with van der Waals surface area (Å²) < 4.78 is 0. The van der Waals surface area contributed by atoms with E-state index in [-0.39, 0.29) is 5.91 Å². The minimum atomic E-state index is 0.169. The first-order valence-corrected chi connectivity index (χ1v) is 5.46. The molecule has 0 aliphatic carbocycles. The average molecular weight is 220 g/mol. The molecule has 1 aliphatic rings. The van der Waals surface area contributed by atoms with Crippen molar-refractivity contribution >= 4 is 5.91 Å². The topological polar surface area (TPSA) is 49.3 Å². The zero-order valence-electron chi connectivity index (χ0n) is 9.46. The van der Waals surface area contributed by atoms with Crippen LogP contribution < -0.4 is 0 Å². The van der Waals surface area contributed by atoms with E-state index in [9.17, 15) is 4.79 Å². The summed E-state index contributed by atoms with van der Waals surface area (Å²) in [6, 6.07) is 0. The van der Waals surface area contributed by atoms with Crippen LogP contribution in [-0.2, 0) is 11.2 Å². The number of aromatic nitrogens is 2. The van der Waals surface area contributed by atoms with Gasteiger partial charge in [-0.15, -0.1) is 0 Å². The Labute approximate surface area is 95.1 Å². The third-order valence-electron chi connectivity index (χ3n) is 2.83. The second kappa shape index (κ2) is 5.03. The van der Waals surface area contributed by atoms with Crippen LogP contribution in [0, 0.1) is 0 Å². The minimum absolute atomic E-state index is 0.169. The number of carbonyl (C=O) groups excluding carboxylic acids is 1. The van der Waals surface area contributed by atoms with Gasteiger partial charge in [0.05, 0.1) is 6.42 Å². The molecule has 0 radical (unpaired) electrons. The average Bonchev–Trinajstić information content (AvgIpc) is 2.31. The first-order valence-electron chi connectivity index (χ1n) is 5.46. The molecule has 2 rings (SSSR count). The van der Waals surface area contributed by atoms with Crippen molar-refractivity contribution in [1.82, 2.24) is 19.8 Å². The van der Waals surface area contributed by atoms with Gasteiger partial charge in [0, 0.05) is 38.6 Å². The molecule has 16 heavy (non-hydrogen) atoms. The SMILES string of the molecule is CN1CCN(C(=O)Cc2cncnc2)CC1. The molecule has 5 nitrogen and oxygen atoms in total. The number of likely N-dealkylation sites (N-methyl/N-ethyl adjacent to an activating group) is 1. The lowest BCUT2D eigenvalue weighted by atomic mass is 10.2. The fourth-order valence-corrected chi connectivity index (χ4v) is 1.76. The highest BCUT2D eigenvalue weighted by Gasteiger charge is 2.18. The standard InChI is InChI=1S/C11H16N4O/c1-14-2-4-15(5-3-14)11(16)6-10-7-12-9-13-8-10/h7-9H,2-6H2,1H3. The molecular weight excluding hydrogens is 204 g/mol. The fourth-order valence-electron chi connectivity index (χ4n) is 1.76. The summed E-state index contributed by atoms with van der Waals surface area (Å²) in [6.45, 7) is 3.56. The zero-order valence-corrected chi connectivity index (χ0v) is 9.46. The van der Waals surface area contributed by atoms with Crippen LogP contribution in [0.2, 0.25) is 0 Å². The lowest BCUT2D eigenvalue weighted by Gasteiger charge is -2.32. The molecule has 2 heterocycles. The van der Waals surface area contributed by atoms with Crippen LogP contribution in [-0.4, -0.2) is 58.9 Å². The normalized spacial score (nSPS) is 17.4. The summed E-state index contributed by atoms with van der Waals surface area (Å²) in [7, 11) is 2.08. The van der Waals surface area contributed by atoms with Crippen LogP contribution in [0.3, 0.4) is 0 Å². The molecule has 0 unspecified atom stereocenters. The van der Waals surface area contributed by atoms with Crippen LogP contribution >= 0.6 is 0 Å². The van der Waals surface area contributed by atoms with Gasteiger partial charge in [0.25, 0.3) is 0 Å². The number of hydrogen-bond donors (Lipinski definition) is 0. The van der Waals surface area contributed by atoms with Crippen LogP contribution in [0.1, 0.15) is 5.56 Å². The van der Waals surface area contributed by atoms with Crippen molar-refractivity contribution in [1.29, 1.82) is 0 Å². The number of piperazine rings is 1. The molecule has 0 saturated carbocycles. The van der Waals surface area contributed by atoms with Crippen molar-refractivity contribution < 1.29 is 4.79 Å².